The average molecular weight is 591 g/mol. The van der Waals surface area contributed by atoms with Crippen molar-refractivity contribution in [3.63, 3.8) is 0 Å². The third kappa shape index (κ3) is 6.26. The molecular formula is C26H26ClF3N8O3. The molecule has 0 radical (unpaired) electrons. The molecule has 41 heavy (non-hydrogen) atoms. The van der Waals surface area contributed by atoms with Crippen molar-refractivity contribution in [1.29, 1.82) is 5.26 Å². The highest BCUT2D eigenvalue weighted by atomic mass is 35.5. The summed E-state index contributed by atoms with van der Waals surface area (Å²) in [4.78, 5) is 45.4. The Morgan fingerprint density at radius 1 is 1.17 bits per heavy atom. The molecule has 2 amide bonds. The highest BCUT2D eigenvalue weighted by Gasteiger charge is 2.38. The van der Waals surface area contributed by atoms with E-state index >= 15 is 0 Å². The molecule has 3 heterocycles. The first-order valence-electron chi connectivity index (χ1n) is 12.5. The van der Waals surface area contributed by atoms with Gasteiger partial charge in [0.1, 0.15) is 6.54 Å². The van der Waals surface area contributed by atoms with Crippen LogP contribution in [0.3, 0.4) is 0 Å². The maximum absolute atomic E-state index is 13.6. The highest BCUT2D eigenvalue weighted by molar-refractivity contribution is 6.34. The molecule has 1 atom stereocenters. The molecule has 1 fully saturated rings. The number of amides is 2. The second kappa shape index (κ2) is 11.7. The maximum atomic E-state index is 13.6. The van der Waals surface area contributed by atoms with E-state index in [9.17, 15) is 27.6 Å². The van der Waals surface area contributed by atoms with Crippen LogP contribution in [0, 0.1) is 11.3 Å². The first-order chi connectivity index (χ1) is 19.3. The smallest absolute Gasteiger partial charge is 0.338 e. The lowest BCUT2D eigenvalue weighted by Gasteiger charge is -2.35. The molecule has 2 aromatic heterocycles. The molecule has 0 bridgehead atoms. The number of benzene rings is 1. The Bertz CT molecular complexity index is 1530. The van der Waals surface area contributed by atoms with E-state index in [0.717, 1.165) is 17.1 Å². The van der Waals surface area contributed by atoms with Gasteiger partial charge >= 0.3 is 6.18 Å². The molecule has 216 valence electrons. The van der Waals surface area contributed by atoms with Gasteiger partial charge in [-0.3, -0.25) is 19.1 Å². The predicted octanol–water partition coefficient (Wildman–Crippen LogP) is 2.54. The Labute approximate surface area is 237 Å². The number of halogens is 4. The number of carbonyl (C=O) groups is 3. The summed E-state index contributed by atoms with van der Waals surface area (Å²) >= 11 is 6.40. The molecule has 4 rings (SSSR count). The summed E-state index contributed by atoms with van der Waals surface area (Å²) in [5.41, 5.74) is 4.88. The molecule has 1 aliphatic heterocycles. The van der Waals surface area contributed by atoms with Gasteiger partial charge < -0.3 is 20.1 Å². The van der Waals surface area contributed by atoms with Gasteiger partial charge in [-0.2, -0.15) is 23.5 Å². The fourth-order valence-electron chi connectivity index (χ4n) is 4.59. The number of aromatic nitrogens is 4. The standard InChI is InChI=1S/C26H26ClF3N8O3/c1-15(32)24(40)36-7-9-37(10-8-36)25(41)17-4-3-16(11-19(17)27)12-21(39)23-33-13-20(35(23)2)18-14-38(6-5-31)34-22(18)26(28,29)30/h3-4,11,13-15H,6-10,12,32H2,1-2H3/t15-/m0/s1. The number of Topliss-reactive ketones (excluding diaryl/α,β-unsaturated/α-hetero) is 1. The average Bonchev–Trinajstić information content (AvgIpc) is 3.51. The van der Waals surface area contributed by atoms with Crippen molar-refractivity contribution in [2.75, 3.05) is 26.2 Å². The van der Waals surface area contributed by atoms with Crippen LogP contribution in [0.25, 0.3) is 11.3 Å². The number of hydrogen-bond acceptors (Lipinski definition) is 7. The second-order valence-electron chi connectivity index (χ2n) is 9.59. The molecule has 3 aromatic rings. The summed E-state index contributed by atoms with van der Waals surface area (Å²) in [6.07, 6.45) is -2.72. The number of hydrogen-bond donors (Lipinski definition) is 1. The van der Waals surface area contributed by atoms with Crippen LogP contribution in [0.1, 0.15) is 39.2 Å². The zero-order valence-electron chi connectivity index (χ0n) is 22.2. The van der Waals surface area contributed by atoms with Gasteiger partial charge in [0.25, 0.3) is 5.91 Å². The normalized spacial score (nSPS) is 14.6. The van der Waals surface area contributed by atoms with Crippen LogP contribution in [0.15, 0.2) is 30.6 Å². The highest BCUT2D eigenvalue weighted by Crippen LogP contribution is 2.36. The van der Waals surface area contributed by atoms with Gasteiger partial charge in [0.05, 0.1) is 40.2 Å². The summed E-state index contributed by atoms with van der Waals surface area (Å²) in [6.45, 7) is 2.57. The lowest BCUT2D eigenvalue weighted by Crippen LogP contribution is -2.53. The van der Waals surface area contributed by atoms with Gasteiger partial charge in [-0.15, -0.1) is 0 Å². The number of ketones is 1. The molecule has 1 aromatic carbocycles. The summed E-state index contributed by atoms with van der Waals surface area (Å²) in [6, 6.07) is 5.69. The minimum absolute atomic E-state index is 0.00607. The Hall–Kier alpha value is -4.22. The molecule has 0 aliphatic carbocycles. The molecule has 11 nitrogen and oxygen atoms in total. The third-order valence-electron chi connectivity index (χ3n) is 6.67. The molecule has 0 saturated carbocycles. The van der Waals surface area contributed by atoms with E-state index in [2.05, 4.69) is 10.1 Å². The van der Waals surface area contributed by atoms with Gasteiger partial charge in [0.15, 0.2) is 11.5 Å². The number of rotatable bonds is 7. The van der Waals surface area contributed by atoms with E-state index < -0.39 is 23.7 Å². The number of imidazole rings is 1. The van der Waals surface area contributed by atoms with Gasteiger partial charge in [-0.05, 0) is 24.6 Å². The van der Waals surface area contributed by atoms with Gasteiger partial charge in [-0.25, -0.2) is 4.98 Å². The molecule has 0 unspecified atom stereocenters. The van der Waals surface area contributed by atoms with E-state index in [4.69, 9.17) is 22.6 Å². The van der Waals surface area contributed by atoms with Crippen molar-refractivity contribution in [1.82, 2.24) is 29.1 Å². The summed E-state index contributed by atoms with van der Waals surface area (Å²) in [5.74, 6) is -1.07. The second-order valence-corrected chi connectivity index (χ2v) is 10.00. The zero-order valence-corrected chi connectivity index (χ0v) is 22.9. The number of piperazine rings is 1. The zero-order chi connectivity index (χ0) is 30.1. The third-order valence-corrected chi connectivity index (χ3v) is 6.99. The van der Waals surface area contributed by atoms with E-state index in [1.165, 1.54) is 23.7 Å². The van der Waals surface area contributed by atoms with Crippen LogP contribution in [0.2, 0.25) is 5.02 Å². The first-order valence-corrected chi connectivity index (χ1v) is 12.9. The summed E-state index contributed by atoms with van der Waals surface area (Å²) < 4.78 is 42.9. The minimum atomic E-state index is -4.78. The topological polar surface area (TPSA) is 143 Å². The monoisotopic (exact) mass is 590 g/mol. The Morgan fingerprint density at radius 3 is 2.41 bits per heavy atom. The van der Waals surface area contributed by atoms with Crippen molar-refractivity contribution in [2.45, 2.75) is 32.1 Å². The molecule has 1 saturated heterocycles. The molecule has 15 heteroatoms. The molecule has 1 aliphatic rings. The number of nitrogens with zero attached hydrogens (tertiary/aromatic N) is 7. The SMILES string of the molecule is C[C@H](N)C(=O)N1CCN(C(=O)c2ccc(CC(=O)c3ncc(-c4cn(CC#N)nc4C(F)(F)F)n3C)cc2Cl)CC1. The van der Waals surface area contributed by atoms with Crippen LogP contribution < -0.4 is 5.73 Å². The lowest BCUT2D eigenvalue weighted by molar-refractivity contribution is -0.141. The molecule has 2 N–H and O–H groups in total. The Morgan fingerprint density at radius 2 is 1.83 bits per heavy atom. The van der Waals surface area contributed by atoms with Crippen molar-refractivity contribution >= 4 is 29.2 Å². The first kappa shape index (κ1) is 29.8. The van der Waals surface area contributed by atoms with Crippen LogP contribution in [0.5, 0.6) is 0 Å². The minimum Gasteiger partial charge on any atom is -0.338 e. The number of alkyl halides is 3. The summed E-state index contributed by atoms with van der Waals surface area (Å²) in [5, 5.41) is 12.4. The predicted molar refractivity (Wildman–Crippen MR) is 141 cm³/mol. The summed E-state index contributed by atoms with van der Waals surface area (Å²) in [7, 11) is 1.41. The van der Waals surface area contributed by atoms with E-state index in [1.807, 2.05) is 0 Å². The van der Waals surface area contributed by atoms with E-state index in [-0.39, 0.29) is 52.4 Å². The van der Waals surface area contributed by atoms with Crippen molar-refractivity contribution in [3.8, 4) is 17.3 Å². The van der Waals surface area contributed by atoms with Crippen LogP contribution in [-0.2, 0) is 31.0 Å². The molecule has 0 spiro atoms. The number of nitrogens with two attached hydrogens (primary N) is 1. The molecular weight excluding hydrogens is 565 g/mol. The fraction of sp³-hybridized carbons (Fsp3) is 0.385. The van der Waals surface area contributed by atoms with Gasteiger partial charge in [0.2, 0.25) is 11.7 Å². The van der Waals surface area contributed by atoms with Crippen molar-refractivity contribution < 1.29 is 27.6 Å². The van der Waals surface area contributed by atoms with Crippen molar-refractivity contribution in [2.24, 2.45) is 12.8 Å². The van der Waals surface area contributed by atoms with Gasteiger partial charge in [-0.1, -0.05) is 17.7 Å². The fourth-order valence-corrected chi connectivity index (χ4v) is 4.87. The Kier molecular flexibility index (Phi) is 8.50. The quantitative estimate of drug-likeness (QED) is 0.417. The maximum Gasteiger partial charge on any atom is 0.435 e. The largest absolute Gasteiger partial charge is 0.435 e. The van der Waals surface area contributed by atoms with Crippen molar-refractivity contribution in [3.05, 3.63) is 58.3 Å². The van der Waals surface area contributed by atoms with Crippen LogP contribution in [0.4, 0.5) is 13.2 Å². The van der Waals surface area contributed by atoms with Crippen LogP contribution in [-0.4, -0.2) is 78.9 Å². The number of carbonyl (C=O) groups excluding carboxylic acids is 3. The van der Waals surface area contributed by atoms with E-state index in [0.29, 0.717) is 31.7 Å². The van der Waals surface area contributed by atoms with Crippen LogP contribution >= 0.6 is 11.6 Å². The number of nitriles is 1. The van der Waals surface area contributed by atoms with Gasteiger partial charge in [0, 0.05) is 45.8 Å². The lowest BCUT2D eigenvalue weighted by atomic mass is 10.0. The van der Waals surface area contributed by atoms with E-state index in [1.54, 1.807) is 28.9 Å². The Balaban J connectivity index is 1.48.